The topological polar surface area (TPSA) is 46.6 Å². The Bertz CT molecular complexity index is 837. The van der Waals surface area contributed by atoms with Crippen LogP contribution in [0.5, 0.6) is 5.75 Å². The summed E-state index contributed by atoms with van der Waals surface area (Å²) in [5, 5.41) is 0. The van der Waals surface area contributed by atoms with E-state index < -0.39 is 9.84 Å². The van der Waals surface area contributed by atoms with Crippen LogP contribution < -0.4 is 9.64 Å². The third kappa shape index (κ3) is 3.26. The van der Waals surface area contributed by atoms with E-state index in [0.717, 1.165) is 21.4 Å². The smallest absolute Gasteiger partial charge is 0.180 e. The number of para-hydroxylation sites is 1. The molecule has 3 rings (SSSR count). The summed E-state index contributed by atoms with van der Waals surface area (Å²) in [7, 11) is -1.79. The maximum atomic E-state index is 12.9. The Hall–Kier alpha value is -1.28. The molecule has 1 unspecified atom stereocenters. The van der Waals surface area contributed by atoms with Crippen molar-refractivity contribution in [2.45, 2.75) is 18.2 Å². The number of halogens is 1. The Balaban J connectivity index is 2.25. The van der Waals surface area contributed by atoms with Crippen LogP contribution in [0.15, 0.2) is 47.4 Å². The summed E-state index contributed by atoms with van der Waals surface area (Å²) in [4.78, 5) is 2.48. The molecule has 0 aromatic heterocycles. The second-order valence-electron chi connectivity index (χ2n) is 5.96. The van der Waals surface area contributed by atoms with Gasteiger partial charge >= 0.3 is 0 Å². The van der Waals surface area contributed by atoms with Gasteiger partial charge in [0.1, 0.15) is 5.75 Å². The molecule has 0 N–H and O–H groups in total. The summed E-state index contributed by atoms with van der Waals surface area (Å²) in [6, 6.07) is 13.5. The Kier molecular flexibility index (Phi) is 5.05. The summed E-state index contributed by atoms with van der Waals surface area (Å²) < 4.78 is 32.1. The van der Waals surface area contributed by atoms with Gasteiger partial charge in [0.15, 0.2) is 9.84 Å². The number of rotatable bonds is 3. The van der Waals surface area contributed by atoms with Gasteiger partial charge in [0.05, 0.1) is 27.0 Å². The number of anilines is 2. The lowest BCUT2D eigenvalue weighted by Gasteiger charge is -2.27. The number of hydrogen-bond acceptors (Lipinski definition) is 4. The Morgan fingerprint density at radius 2 is 1.96 bits per heavy atom. The zero-order valence-corrected chi connectivity index (χ0v) is 16.7. The van der Waals surface area contributed by atoms with Gasteiger partial charge in [-0.1, -0.05) is 31.5 Å². The van der Waals surface area contributed by atoms with Gasteiger partial charge in [0.2, 0.25) is 0 Å². The zero-order chi connectivity index (χ0) is 17.3. The SMILES string of the molecule is CCC1CN(c2ccccc2)c2cc(I)c(OC)cc2S(=O)(=O)C1. The maximum absolute atomic E-state index is 12.9. The van der Waals surface area contributed by atoms with E-state index in [1.54, 1.807) is 13.2 Å². The molecule has 24 heavy (non-hydrogen) atoms. The van der Waals surface area contributed by atoms with Crippen LogP contribution in [-0.2, 0) is 9.84 Å². The van der Waals surface area contributed by atoms with E-state index in [2.05, 4.69) is 27.5 Å². The van der Waals surface area contributed by atoms with Gasteiger partial charge in [0.25, 0.3) is 0 Å². The second kappa shape index (κ2) is 6.92. The number of hydrogen-bond donors (Lipinski definition) is 0. The molecule has 1 aliphatic rings. The molecule has 1 heterocycles. The van der Waals surface area contributed by atoms with Crippen LogP contribution in [0.25, 0.3) is 0 Å². The molecule has 128 valence electrons. The number of nitrogens with zero attached hydrogens (tertiary/aromatic N) is 1. The summed E-state index contributed by atoms with van der Waals surface area (Å²) in [6.45, 7) is 2.73. The van der Waals surface area contributed by atoms with Gasteiger partial charge in [-0.05, 0) is 46.7 Å². The predicted molar refractivity (Wildman–Crippen MR) is 105 cm³/mol. The highest BCUT2D eigenvalue weighted by molar-refractivity contribution is 14.1. The van der Waals surface area contributed by atoms with Crippen molar-refractivity contribution in [3.63, 3.8) is 0 Å². The highest BCUT2D eigenvalue weighted by Gasteiger charge is 2.32. The first-order valence-electron chi connectivity index (χ1n) is 7.89. The molecular weight excluding hydrogens is 437 g/mol. The third-order valence-electron chi connectivity index (χ3n) is 4.40. The van der Waals surface area contributed by atoms with Gasteiger partial charge in [0, 0.05) is 18.3 Å². The predicted octanol–water partition coefficient (Wildman–Crippen LogP) is 4.25. The van der Waals surface area contributed by atoms with Crippen LogP contribution in [-0.4, -0.2) is 27.8 Å². The molecule has 1 aliphatic heterocycles. The largest absolute Gasteiger partial charge is 0.496 e. The molecule has 0 fully saturated rings. The Morgan fingerprint density at radius 3 is 2.58 bits per heavy atom. The van der Waals surface area contributed by atoms with E-state index in [0.29, 0.717) is 17.2 Å². The molecule has 2 aromatic rings. The average molecular weight is 457 g/mol. The molecule has 0 saturated heterocycles. The minimum absolute atomic E-state index is 0.0891. The van der Waals surface area contributed by atoms with Crippen LogP contribution in [0.1, 0.15) is 13.3 Å². The van der Waals surface area contributed by atoms with Crippen molar-refractivity contribution in [3.8, 4) is 5.75 Å². The van der Waals surface area contributed by atoms with Crippen molar-refractivity contribution >= 4 is 43.8 Å². The average Bonchev–Trinajstić information content (AvgIpc) is 2.69. The molecule has 6 heteroatoms. The minimum Gasteiger partial charge on any atom is -0.496 e. The van der Waals surface area contributed by atoms with E-state index in [1.807, 2.05) is 43.3 Å². The Morgan fingerprint density at radius 1 is 1.25 bits per heavy atom. The normalized spacial score (nSPS) is 19.5. The first kappa shape index (κ1) is 17.5. The zero-order valence-electron chi connectivity index (χ0n) is 13.7. The lowest BCUT2D eigenvalue weighted by atomic mass is 10.1. The van der Waals surface area contributed by atoms with Crippen LogP contribution in [0.2, 0.25) is 0 Å². The first-order valence-corrected chi connectivity index (χ1v) is 10.6. The van der Waals surface area contributed by atoms with E-state index >= 15 is 0 Å². The first-order chi connectivity index (χ1) is 11.5. The van der Waals surface area contributed by atoms with Gasteiger partial charge in [-0.2, -0.15) is 0 Å². The van der Waals surface area contributed by atoms with Crippen molar-refractivity contribution < 1.29 is 13.2 Å². The number of benzene rings is 2. The molecule has 0 radical (unpaired) electrons. The van der Waals surface area contributed by atoms with E-state index in [1.165, 1.54) is 0 Å². The number of fused-ring (bicyclic) bond motifs is 1. The van der Waals surface area contributed by atoms with Crippen molar-refractivity contribution in [2.24, 2.45) is 5.92 Å². The van der Waals surface area contributed by atoms with Crippen LogP contribution in [0.3, 0.4) is 0 Å². The number of sulfone groups is 1. The highest BCUT2D eigenvalue weighted by Crippen LogP contribution is 2.40. The number of ether oxygens (including phenoxy) is 1. The summed E-state index contributed by atoms with van der Waals surface area (Å²) in [5.74, 6) is 0.857. The minimum atomic E-state index is -3.36. The van der Waals surface area contributed by atoms with Crippen molar-refractivity contribution in [1.82, 2.24) is 0 Å². The Labute approximate surface area is 156 Å². The standard InChI is InChI=1S/C18H20INO3S/c1-3-13-11-20(14-7-5-4-6-8-14)16-9-15(19)17(23-2)10-18(16)24(21,22)12-13/h4-10,13H,3,11-12H2,1-2H3. The van der Waals surface area contributed by atoms with Gasteiger partial charge in [-0.25, -0.2) is 8.42 Å². The summed E-state index contributed by atoms with van der Waals surface area (Å²) in [5.41, 5.74) is 1.75. The second-order valence-corrected chi connectivity index (χ2v) is 9.12. The fourth-order valence-electron chi connectivity index (χ4n) is 3.05. The molecule has 0 saturated carbocycles. The van der Waals surface area contributed by atoms with Crippen LogP contribution >= 0.6 is 22.6 Å². The summed E-state index contributed by atoms with van der Waals surface area (Å²) >= 11 is 2.19. The molecule has 1 atom stereocenters. The van der Waals surface area contributed by atoms with Crippen molar-refractivity contribution in [1.29, 1.82) is 0 Å². The fraction of sp³-hybridized carbons (Fsp3) is 0.333. The van der Waals surface area contributed by atoms with E-state index in [9.17, 15) is 8.42 Å². The van der Waals surface area contributed by atoms with E-state index in [-0.39, 0.29) is 11.7 Å². The molecule has 0 spiro atoms. The fourth-order valence-corrected chi connectivity index (χ4v) is 5.64. The molecule has 0 amide bonds. The lowest BCUT2D eigenvalue weighted by Crippen LogP contribution is -2.25. The molecule has 4 nitrogen and oxygen atoms in total. The van der Waals surface area contributed by atoms with Gasteiger partial charge in [-0.3, -0.25) is 0 Å². The quantitative estimate of drug-likeness (QED) is 0.647. The van der Waals surface area contributed by atoms with Crippen molar-refractivity contribution in [2.75, 3.05) is 24.3 Å². The van der Waals surface area contributed by atoms with Crippen LogP contribution in [0.4, 0.5) is 11.4 Å². The number of methoxy groups -OCH3 is 1. The van der Waals surface area contributed by atoms with Gasteiger partial charge < -0.3 is 9.64 Å². The van der Waals surface area contributed by atoms with Crippen molar-refractivity contribution in [3.05, 3.63) is 46.0 Å². The highest BCUT2D eigenvalue weighted by atomic mass is 127. The molecule has 2 aromatic carbocycles. The monoisotopic (exact) mass is 457 g/mol. The van der Waals surface area contributed by atoms with Gasteiger partial charge in [-0.15, -0.1) is 0 Å². The maximum Gasteiger partial charge on any atom is 0.180 e. The molecule has 0 bridgehead atoms. The summed E-state index contributed by atoms with van der Waals surface area (Å²) in [6.07, 6.45) is 0.824. The van der Waals surface area contributed by atoms with E-state index in [4.69, 9.17) is 4.74 Å². The third-order valence-corrected chi connectivity index (χ3v) is 7.15. The molecule has 0 aliphatic carbocycles. The lowest BCUT2D eigenvalue weighted by molar-refractivity contribution is 0.410. The van der Waals surface area contributed by atoms with Crippen LogP contribution in [0, 0.1) is 9.49 Å². The molecular formula is C18H20INO3S.